The molecule has 1 aromatic carbocycles. The molecule has 17 heavy (non-hydrogen) atoms. The number of hydrogen-bond donors (Lipinski definition) is 2. The van der Waals surface area contributed by atoms with Crippen LogP contribution < -0.4 is 10.6 Å². The smallest absolute Gasteiger partial charge is 0.242 e. The molecule has 1 aliphatic heterocycles. The number of anilines is 1. The van der Waals surface area contributed by atoms with Crippen molar-refractivity contribution in [2.45, 2.75) is 25.3 Å². The van der Waals surface area contributed by atoms with Gasteiger partial charge in [0.15, 0.2) is 0 Å². The average Bonchev–Trinajstić information content (AvgIpc) is 2.48. The van der Waals surface area contributed by atoms with Gasteiger partial charge in [-0.15, -0.1) is 0 Å². The van der Waals surface area contributed by atoms with Crippen LogP contribution in [0.15, 0.2) is 27.1 Å². The minimum absolute atomic E-state index is 0.0947. The fourth-order valence-corrected chi connectivity index (χ4v) is 3.03. The van der Waals surface area contributed by atoms with Crippen molar-refractivity contribution in [3.63, 3.8) is 0 Å². The summed E-state index contributed by atoms with van der Waals surface area (Å²) in [6.07, 6.45) is 3.02. The molecule has 1 fully saturated rings. The summed E-state index contributed by atoms with van der Waals surface area (Å²) in [6.45, 7) is 0.790. The third-order valence-corrected chi connectivity index (χ3v) is 3.95. The molecule has 3 nitrogen and oxygen atoms in total. The molecule has 5 heteroatoms. The van der Waals surface area contributed by atoms with Gasteiger partial charge in [-0.25, -0.2) is 0 Å². The Morgan fingerprint density at radius 1 is 1.29 bits per heavy atom. The molecule has 1 saturated heterocycles. The van der Waals surface area contributed by atoms with Crippen LogP contribution in [0.2, 0.25) is 0 Å². The summed E-state index contributed by atoms with van der Waals surface area (Å²) in [5.41, 5.74) is 0.954. The lowest BCUT2D eigenvalue weighted by atomic mass is 10.1. The molecule has 1 aromatic rings. The predicted octanol–water partition coefficient (Wildman–Crippen LogP) is 3.29. The van der Waals surface area contributed by atoms with Crippen molar-refractivity contribution in [2.24, 2.45) is 0 Å². The van der Waals surface area contributed by atoms with E-state index in [4.69, 9.17) is 0 Å². The van der Waals surface area contributed by atoms with Crippen LogP contribution in [-0.2, 0) is 4.79 Å². The second kappa shape index (κ2) is 5.87. The van der Waals surface area contributed by atoms with Crippen LogP contribution in [0.3, 0.4) is 0 Å². The molecule has 0 spiro atoms. The Morgan fingerprint density at radius 3 is 2.88 bits per heavy atom. The third-order valence-electron chi connectivity index (χ3n) is 2.80. The van der Waals surface area contributed by atoms with Crippen LogP contribution in [0.25, 0.3) is 0 Å². The molecule has 0 aliphatic carbocycles. The summed E-state index contributed by atoms with van der Waals surface area (Å²) in [7, 11) is 0. The third kappa shape index (κ3) is 3.45. The summed E-state index contributed by atoms with van der Waals surface area (Å²) in [6, 6.07) is 5.76. The fraction of sp³-hybridized carbons (Fsp3) is 0.417. The molecule has 2 rings (SSSR count). The number of nitrogens with one attached hydrogen (secondary N) is 2. The summed E-state index contributed by atoms with van der Waals surface area (Å²) < 4.78 is 1.98. The van der Waals surface area contributed by atoms with E-state index >= 15 is 0 Å². The van der Waals surface area contributed by atoms with Gasteiger partial charge < -0.3 is 10.6 Å². The summed E-state index contributed by atoms with van der Waals surface area (Å²) in [5.74, 6) is 0.0947. The molecule has 1 amide bonds. The lowest BCUT2D eigenvalue weighted by Gasteiger charge is -2.17. The van der Waals surface area contributed by atoms with Crippen molar-refractivity contribution in [2.75, 3.05) is 11.9 Å². The van der Waals surface area contributed by atoms with E-state index < -0.39 is 0 Å². The van der Waals surface area contributed by atoms with Crippen LogP contribution in [0.5, 0.6) is 0 Å². The highest BCUT2D eigenvalue weighted by atomic mass is 79.9. The topological polar surface area (TPSA) is 41.1 Å². The van der Waals surface area contributed by atoms with Crippen LogP contribution in [0, 0.1) is 0 Å². The van der Waals surface area contributed by atoms with Gasteiger partial charge in [-0.1, -0.05) is 15.9 Å². The largest absolute Gasteiger partial charge is 0.373 e. The Hall–Kier alpha value is -0.550. The minimum Gasteiger partial charge on any atom is -0.373 e. The Morgan fingerprint density at radius 2 is 2.12 bits per heavy atom. The van der Waals surface area contributed by atoms with Crippen molar-refractivity contribution in [3.05, 3.63) is 27.1 Å². The highest BCUT2D eigenvalue weighted by molar-refractivity contribution is 9.11. The second-order valence-electron chi connectivity index (χ2n) is 4.11. The number of amides is 1. The molecular weight excluding hydrogens is 348 g/mol. The zero-order valence-electron chi connectivity index (χ0n) is 9.30. The molecular formula is C12H14Br2N2O. The lowest BCUT2D eigenvalue weighted by Crippen LogP contribution is -2.37. The Bertz CT molecular complexity index is 423. The zero-order valence-corrected chi connectivity index (χ0v) is 12.5. The van der Waals surface area contributed by atoms with Crippen LogP contribution in [0.1, 0.15) is 19.3 Å². The molecule has 0 bridgehead atoms. The van der Waals surface area contributed by atoms with E-state index in [9.17, 15) is 4.79 Å². The predicted molar refractivity (Wildman–Crippen MR) is 76.1 cm³/mol. The average molecular weight is 362 g/mol. The number of carbonyl (C=O) groups is 1. The van der Waals surface area contributed by atoms with Gasteiger partial charge in [0.1, 0.15) is 6.04 Å². The lowest BCUT2D eigenvalue weighted by molar-refractivity contribution is -0.121. The molecule has 0 saturated carbocycles. The second-order valence-corrected chi connectivity index (χ2v) is 5.88. The quantitative estimate of drug-likeness (QED) is 0.848. The first-order chi connectivity index (χ1) is 8.16. The fourth-order valence-electron chi connectivity index (χ4n) is 1.87. The Kier molecular flexibility index (Phi) is 4.45. The van der Waals surface area contributed by atoms with E-state index in [2.05, 4.69) is 42.5 Å². The summed E-state index contributed by atoms with van der Waals surface area (Å²) >= 11 is 6.90. The molecule has 1 unspecified atom stereocenters. The molecule has 0 aromatic heterocycles. The van der Waals surface area contributed by atoms with E-state index in [0.29, 0.717) is 0 Å². The molecule has 1 aliphatic rings. The van der Waals surface area contributed by atoms with Gasteiger partial charge in [0.2, 0.25) is 5.91 Å². The Labute approximate surface area is 118 Å². The standard InChI is InChI=1S/C12H14Br2N2O/c13-8-4-5-10(9(14)7-8)16-11-3-1-2-6-15-12(11)17/h4-5,7,11,16H,1-3,6H2,(H,15,17). The van der Waals surface area contributed by atoms with E-state index in [0.717, 1.165) is 40.4 Å². The maximum Gasteiger partial charge on any atom is 0.242 e. The van der Waals surface area contributed by atoms with Crippen molar-refractivity contribution < 1.29 is 4.79 Å². The molecule has 2 N–H and O–H groups in total. The molecule has 0 radical (unpaired) electrons. The molecule has 92 valence electrons. The minimum atomic E-state index is -0.130. The first-order valence-electron chi connectivity index (χ1n) is 5.66. The van der Waals surface area contributed by atoms with Gasteiger partial charge in [-0.05, 0) is 53.4 Å². The number of benzene rings is 1. The SMILES string of the molecule is O=C1NCCCCC1Nc1ccc(Br)cc1Br. The van der Waals surface area contributed by atoms with E-state index in [-0.39, 0.29) is 11.9 Å². The zero-order chi connectivity index (χ0) is 12.3. The van der Waals surface area contributed by atoms with Crippen molar-refractivity contribution >= 4 is 43.5 Å². The molecule has 1 heterocycles. The van der Waals surface area contributed by atoms with Crippen molar-refractivity contribution in [3.8, 4) is 0 Å². The van der Waals surface area contributed by atoms with Crippen LogP contribution >= 0.6 is 31.9 Å². The highest BCUT2D eigenvalue weighted by Crippen LogP contribution is 2.27. The van der Waals surface area contributed by atoms with E-state index in [1.807, 2.05) is 18.2 Å². The maximum absolute atomic E-state index is 11.8. The monoisotopic (exact) mass is 360 g/mol. The van der Waals surface area contributed by atoms with Crippen LogP contribution in [-0.4, -0.2) is 18.5 Å². The van der Waals surface area contributed by atoms with Gasteiger partial charge in [0, 0.05) is 21.2 Å². The summed E-state index contributed by atoms with van der Waals surface area (Å²) in [4.78, 5) is 11.8. The first-order valence-corrected chi connectivity index (χ1v) is 7.25. The van der Waals surface area contributed by atoms with Gasteiger partial charge in [-0.2, -0.15) is 0 Å². The number of rotatable bonds is 2. The van der Waals surface area contributed by atoms with Gasteiger partial charge in [-0.3, -0.25) is 4.79 Å². The Balaban J connectivity index is 2.10. The normalized spacial score (nSPS) is 20.6. The summed E-state index contributed by atoms with van der Waals surface area (Å²) in [5, 5.41) is 6.21. The number of halogens is 2. The number of hydrogen-bond acceptors (Lipinski definition) is 2. The van der Waals surface area contributed by atoms with Gasteiger partial charge >= 0.3 is 0 Å². The molecule has 1 atom stereocenters. The highest BCUT2D eigenvalue weighted by Gasteiger charge is 2.20. The van der Waals surface area contributed by atoms with Gasteiger partial charge in [0.25, 0.3) is 0 Å². The first kappa shape index (κ1) is 12.9. The maximum atomic E-state index is 11.8. The number of carbonyl (C=O) groups excluding carboxylic acids is 1. The van der Waals surface area contributed by atoms with E-state index in [1.54, 1.807) is 0 Å². The van der Waals surface area contributed by atoms with Gasteiger partial charge in [0.05, 0.1) is 0 Å². The van der Waals surface area contributed by atoms with Crippen LogP contribution in [0.4, 0.5) is 5.69 Å². The van der Waals surface area contributed by atoms with Crippen molar-refractivity contribution in [1.82, 2.24) is 5.32 Å². The van der Waals surface area contributed by atoms with Crippen molar-refractivity contribution in [1.29, 1.82) is 0 Å². The van der Waals surface area contributed by atoms with E-state index in [1.165, 1.54) is 0 Å².